The summed E-state index contributed by atoms with van der Waals surface area (Å²) in [4.78, 5) is 34.5. The zero-order valence-electron chi connectivity index (χ0n) is 18.1. The van der Waals surface area contributed by atoms with Crippen LogP contribution in [0.25, 0.3) is 10.2 Å². The molecule has 2 atom stereocenters. The van der Waals surface area contributed by atoms with E-state index in [-0.39, 0.29) is 29.0 Å². The lowest BCUT2D eigenvalue weighted by atomic mass is 9.63. The SMILES string of the molecule is CCO[C@H]1C[C@H](N(C)C(=O)c2sc3nc4n(c(=O)c3c2C)CCCCC4)C1(C)C. The maximum absolute atomic E-state index is 13.4. The number of fused-ring (bicyclic) bond motifs is 2. The lowest BCUT2D eigenvalue weighted by Crippen LogP contribution is -2.62. The molecule has 0 bridgehead atoms. The van der Waals surface area contributed by atoms with Gasteiger partial charge in [-0.2, -0.15) is 0 Å². The molecule has 1 amide bonds. The zero-order valence-corrected chi connectivity index (χ0v) is 18.9. The largest absolute Gasteiger partial charge is 0.378 e. The van der Waals surface area contributed by atoms with E-state index in [1.54, 1.807) is 0 Å². The van der Waals surface area contributed by atoms with Crippen molar-refractivity contribution < 1.29 is 9.53 Å². The molecule has 6 nitrogen and oxygen atoms in total. The first-order chi connectivity index (χ1) is 13.8. The van der Waals surface area contributed by atoms with Gasteiger partial charge in [-0.1, -0.05) is 20.3 Å². The number of carbonyl (C=O) groups is 1. The van der Waals surface area contributed by atoms with Gasteiger partial charge in [-0.15, -0.1) is 11.3 Å². The van der Waals surface area contributed by atoms with E-state index in [1.807, 2.05) is 30.4 Å². The van der Waals surface area contributed by atoms with Gasteiger partial charge in [-0.05, 0) is 38.7 Å². The minimum Gasteiger partial charge on any atom is -0.378 e. The van der Waals surface area contributed by atoms with Crippen LogP contribution in [0.5, 0.6) is 0 Å². The molecule has 1 aliphatic carbocycles. The van der Waals surface area contributed by atoms with Gasteiger partial charge < -0.3 is 9.64 Å². The molecular formula is C22H31N3O3S. The van der Waals surface area contributed by atoms with Gasteiger partial charge in [0.25, 0.3) is 11.5 Å². The van der Waals surface area contributed by atoms with Gasteiger partial charge in [0.15, 0.2) is 0 Å². The summed E-state index contributed by atoms with van der Waals surface area (Å²) < 4.78 is 7.65. The van der Waals surface area contributed by atoms with Crippen molar-refractivity contribution in [2.45, 2.75) is 78.5 Å². The van der Waals surface area contributed by atoms with E-state index in [0.29, 0.717) is 21.7 Å². The first kappa shape index (κ1) is 20.5. The van der Waals surface area contributed by atoms with Crippen LogP contribution in [-0.2, 0) is 17.7 Å². The molecular weight excluding hydrogens is 386 g/mol. The Balaban J connectivity index is 1.68. The van der Waals surface area contributed by atoms with Crippen LogP contribution in [0.3, 0.4) is 0 Å². The van der Waals surface area contributed by atoms with Crippen molar-refractivity contribution in [2.24, 2.45) is 5.41 Å². The van der Waals surface area contributed by atoms with Crippen molar-refractivity contribution in [1.82, 2.24) is 14.5 Å². The zero-order chi connectivity index (χ0) is 20.9. The van der Waals surface area contributed by atoms with Crippen LogP contribution in [0.15, 0.2) is 4.79 Å². The Morgan fingerprint density at radius 1 is 1.34 bits per heavy atom. The molecule has 1 aliphatic heterocycles. The van der Waals surface area contributed by atoms with E-state index in [0.717, 1.165) is 50.0 Å². The molecule has 7 heteroatoms. The van der Waals surface area contributed by atoms with Gasteiger partial charge in [0.1, 0.15) is 10.7 Å². The van der Waals surface area contributed by atoms with Crippen LogP contribution in [0, 0.1) is 12.3 Å². The molecule has 1 fully saturated rings. The number of aromatic nitrogens is 2. The lowest BCUT2D eigenvalue weighted by molar-refractivity contribution is -0.136. The first-order valence-corrected chi connectivity index (χ1v) is 11.5. The second-order valence-corrected chi connectivity index (χ2v) is 9.96. The molecule has 2 aliphatic rings. The van der Waals surface area contributed by atoms with Crippen molar-refractivity contribution in [2.75, 3.05) is 13.7 Å². The number of hydrogen-bond donors (Lipinski definition) is 0. The molecule has 0 saturated heterocycles. The first-order valence-electron chi connectivity index (χ1n) is 10.7. The Kier molecular flexibility index (Phi) is 5.32. The predicted molar refractivity (Wildman–Crippen MR) is 116 cm³/mol. The van der Waals surface area contributed by atoms with Gasteiger partial charge in [0.2, 0.25) is 0 Å². The third-order valence-corrected chi connectivity index (χ3v) is 8.06. The molecule has 0 aromatic carbocycles. The van der Waals surface area contributed by atoms with Crippen molar-refractivity contribution in [1.29, 1.82) is 0 Å². The molecule has 0 N–H and O–H groups in total. The summed E-state index contributed by atoms with van der Waals surface area (Å²) in [5.41, 5.74) is 0.709. The minimum absolute atomic E-state index is 0.0156. The number of rotatable bonds is 4. The quantitative estimate of drug-likeness (QED) is 0.760. The Morgan fingerprint density at radius 3 is 2.79 bits per heavy atom. The minimum atomic E-state index is -0.0832. The molecule has 158 valence electrons. The average molecular weight is 418 g/mol. The van der Waals surface area contributed by atoms with E-state index in [1.165, 1.54) is 11.3 Å². The number of thiophene rings is 1. The van der Waals surface area contributed by atoms with Crippen LogP contribution in [0.1, 0.15) is 67.5 Å². The Labute approximate surface area is 175 Å². The van der Waals surface area contributed by atoms with Crippen molar-refractivity contribution in [3.63, 3.8) is 0 Å². The van der Waals surface area contributed by atoms with Crippen molar-refractivity contribution in [3.8, 4) is 0 Å². The molecule has 1 saturated carbocycles. The van der Waals surface area contributed by atoms with Gasteiger partial charge in [0, 0.05) is 38.1 Å². The maximum Gasteiger partial charge on any atom is 0.264 e. The second-order valence-electron chi connectivity index (χ2n) is 8.96. The Bertz CT molecular complexity index is 1010. The van der Waals surface area contributed by atoms with E-state index < -0.39 is 0 Å². The Hall–Kier alpha value is -1.73. The number of hydrogen-bond acceptors (Lipinski definition) is 5. The van der Waals surface area contributed by atoms with E-state index in [4.69, 9.17) is 9.72 Å². The number of ether oxygens (including phenoxy) is 1. The summed E-state index contributed by atoms with van der Waals surface area (Å²) in [6, 6.07) is 0.127. The Morgan fingerprint density at radius 2 is 2.10 bits per heavy atom. The molecule has 2 aromatic heterocycles. The standard InChI is InChI=1S/C22H31N3O3S/c1-6-28-15-12-14(22(15,3)4)24(5)21(27)18-13(2)17-19(29-18)23-16-10-8-7-9-11-25(16)20(17)26/h14-15H,6-12H2,1-5H3/t14-,15-/m0/s1. The average Bonchev–Trinajstić information content (AvgIpc) is 2.85. The van der Waals surface area contributed by atoms with Crippen LogP contribution < -0.4 is 5.56 Å². The molecule has 0 unspecified atom stereocenters. The highest BCUT2D eigenvalue weighted by Crippen LogP contribution is 2.46. The summed E-state index contributed by atoms with van der Waals surface area (Å²) in [6.45, 7) is 9.63. The van der Waals surface area contributed by atoms with E-state index >= 15 is 0 Å². The monoisotopic (exact) mass is 417 g/mol. The van der Waals surface area contributed by atoms with Crippen LogP contribution in [0.4, 0.5) is 0 Å². The van der Waals surface area contributed by atoms with Gasteiger partial charge in [-0.25, -0.2) is 4.98 Å². The highest BCUT2D eigenvalue weighted by atomic mass is 32.1. The van der Waals surface area contributed by atoms with Crippen LogP contribution >= 0.6 is 11.3 Å². The van der Waals surface area contributed by atoms with Crippen molar-refractivity contribution >= 4 is 27.5 Å². The molecule has 2 aromatic rings. The maximum atomic E-state index is 13.4. The van der Waals surface area contributed by atoms with E-state index in [2.05, 4.69) is 13.8 Å². The van der Waals surface area contributed by atoms with Gasteiger partial charge in [-0.3, -0.25) is 14.2 Å². The third-order valence-electron chi connectivity index (χ3n) is 6.89. The second kappa shape index (κ2) is 7.51. The highest BCUT2D eigenvalue weighted by molar-refractivity contribution is 7.20. The topological polar surface area (TPSA) is 64.4 Å². The van der Waals surface area contributed by atoms with Crippen LogP contribution in [-0.4, -0.2) is 46.2 Å². The fourth-order valence-electron chi connectivity index (χ4n) is 4.92. The number of nitrogens with zero attached hydrogens (tertiary/aromatic N) is 3. The molecule has 29 heavy (non-hydrogen) atoms. The summed E-state index contributed by atoms with van der Waals surface area (Å²) in [5.74, 6) is 0.853. The molecule has 4 rings (SSSR count). The van der Waals surface area contributed by atoms with Crippen molar-refractivity contribution in [3.05, 3.63) is 26.6 Å². The normalized spacial score (nSPS) is 23.3. The van der Waals surface area contributed by atoms with Gasteiger partial charge >= 0.3 is 0 Å². The summed E-state index contributed by atoms with van der Waals surface area (Å²) >= 11 is 1.37. The number of amides is 1. The molecule has 0 radical (unpaired) electrons. The smallest absolute Gasteiger partial charge is 0.264 e. The summed E-state index contributed by atoms with van der Waals surface area (Å²) in [7, 11) is 1.87. The fraction of sp³-hybridized carbons (Fsp3) is 0.682. The number of carbonyl (C=O) groups excluding carboxylic acids is 1. The predicted octanol–water partition coefficient (Wildman–Crippen LogP) is 3.77. The summed E-state index contributed by atoms with van der Waals surface area (Å²) in [5, 5.41) is 0.623. The number of aryl methyl sites for hydroxylation is 2. The summed E-state index contributed by atoms with van der Waals surface area (Å²) in [6.07, 6.45) is 5.06. The van der Waals surface area contributed by atoms with Gasteiger partial charge in [0.05, 0.1) is 16.4 Å². The third kappa shape index (κ3) is 3.22. The molecule has 3 heterocycles. The van der Waals surface area contributed by atoms with E-state index in [9.17, 15) is 9.59 Å². The molecule has 0 spiro atoms. The highest BCUT2D eigenvalue weighted by Gasteiger charge is 2.52. The lowest BCUT2D eigenvalue weighted by Gasteiger charge is -2.54. The fourth-order valence-corrected chi connectivity index (χ4v) is 6.09. The van der Waals surface area contributed by atoms with Crippen LogP contribution in [0.2, 0.25) is 0 Å².